The van der Waals surface area contributed by atoms with Gasteiger partial charge in [0.05, 0.1) is 16.8 Å². The van der Waals surface area contributed by atoms with E-state index in [0.717, 1.165) is 36.4 Å². The second-order valence-electron chi connectivity index (χ2n) is 7.51. The highest BCUT2D eigenvalue weighted by atomic mass is 32.1. The Hall–Kier alpha value is -1.14. The zero-order chi connectivity index (χ0) is 17.0. The van der Waals surface area contributed by atoms with Crippen molar-refractivity contribution in [2.75, 3.05) is 20.1 Å². The van der Waals surface area contributed by atoms with E-state index in [1.165, 1.54) is 0 Å². The summed E-state index contributed by atoms with van der Waals surface area (Å²) in [6, 6.07) is -0.0737. The largest absolute Gasteiger partial charge is 0.393 e. The van der Waals surface area contributed by atoms with Gasteiger partial charge in [0.25, 0.3) is 0 Å². The molecule has 2 amide bonds. The molecule has 1 fully saturated rings. The lowest BCUT2D eigenvalue weighted by Gasteiger charge is -2.23. The summed E-state index contributed by atoms with van der Waals surface area (Å²) in [4.78, 5) is 18.4. The number of carbonyl (C=O) groups is 1. The molecular formula is C17H29N3O2S. The van der Waals surface area contributed by atoms with Gasteiger partial charge in [-0.25, -0.2) is 9.78 Å². The van der Waals surface area contributed by atoms with Gasteiger partial charge in [-0.2, -0.15) is 0 Å². The van der Waals surface area contributed by atoms with Crippen molar-refractivity contribution in [3.8, 4) is 0 Å². The molecule has 2 rings (SSSR count). The predicted molar refractivity (Wildman–Crippen MR) is 93.9 cm³/mol. The molecule has 2 N–H and O–H groups in total. The predicted octanol–water partition coefficient (Wildman–Crippen LogP) is 2.79. The lowest BCUT2D eigenvalue weighted by atomic mass is 9.98. The van der Waals surface area contributed by atoms with Crippen LogP contribution in [0.15, 0.2) is 5.38 Å². The molecule has 6 heteroatoms. The number of aromatic nitrogens is 1. The highest BCUT2D eigenvalue weighted by Gasteiger charge is 2.27. The first kappa shape index (κ1) is 18.2. The van der Waals surface area contributed by atoms with E-state index in [1.807, 2.05) is 0 Å². The monoisotopic (exact) mass is 339 g/mol. The van der Waals surface area contributed by atoms with Crippen LogP contribution in [-0.2, 0) is 11.8 Å². The standard InChI is InChI=1S/C17H29N3O2S/c1-17(2,3)15-19-13(11-23-15)8-9-18-16(22)20(4)10-12-6-5-7-14(12)21/h11-12,14,21H,5-10H2,1-4H3,(H,18,22)/t12-,14+/m1/s1. The summed E-state index contributed by atoms with van der Waals surface area (Å²) in [7, 11) is 1.79. The molecular weight excluding hydrogens is 310 g/mol. The Morgan fingerprint density at radius 2 is 2.22 bits per heavy atom. The van der Waals surface area contributed by atoms with Crippen molar-refractivity contribution in [3.05, 3.63) is 16.1 Å². The topological polar surface area (TPSA) is 65.5 Å². The Kier molecular flexibility index (Phi) is 6.03. The third-order valence-electron chi connectivity index (χ3n) is 4.32. The zero-order valence-corrected chi connectivity index (χ0v) is 15.4. The number of aliphatic hydroxyl groups is 1. The van der Waals surface area contributed by atoms with Crippen molar-refractivity contribution in [2.24, 2.45) is 5.92 Å². The van der Waals surface area contributed by atoms with Gasteiger partial charge in [-0.15, -0.1) is 11.3 Å². The van der Waals surface area contributed by atoms with Crippen LogP contribution < -0.4 is 5.32 Å². The molecule has 0 radical (unpaired) electrons. The van der Waals surface area contributed by atoms with Gasteiger partial charge >= 0.3 is 6.03 Å². The number of amides is 2. The van der Waals surface area contributed by atoms with Gasteiger partial charge in [-0.1, -0.05) is 27.2 Å². The zero-order valence-electron chi connectivity index (χ0n) is 14.6. The van der Waals surface area contributed by atoms with Crippen LogP contribution in [0.4, 0.5) is 4.79 Å². The molecule has 1 aromatic heterocycles. The lowest BCUT2D eigenvalue weighted by Crippen LogP contribution is -2.41. The van der Waals surface area contributed by atoms with E-state index in [-0.39, 0.29) is 23.5 Å². The summed E-state index contributed by atoms with van der Waals surface area (Å²) in [5.41, 5.74) is 1.11. The molecule has 2 atom stereocenters. The molecule has 0 aromatic carbocycles. The van der Waals surface area contributed by atoms with Crippen molar-refractivity contribution in [1.82, 2.24) is 15.2 Å². The van der Waals surface area contributed by atoms with E-state index in [9.17, 15) is 9.90 Å². The van der Waals surface area contributed by atoms with Crippen LogP contribution in [0.3, 0.4) is 0 Å². The van der Waals surface area contributed by atoms with Gasteiger partial charge in [0, 0.05) is 43.3 Å². The van der Waals surface area contributed by atoms with Crippen LogP contribution >= 0.6 is 11.3 Å². The first-order valence-electron chi connectivity index (χ1n) is 8.39. The molecule has 0 unspecified atom stereocenters. The fourth-order valence-corrected chi connectivity index (χ4v) is 3.81. The van der Waals surface area contributed by atoms with E-state index >= 15 is 0 Å². The highest BCUT2D eigenvalue weighted by molar-refractivity contribution is 7.09. The van der Waals surface area contributed by atoms with Crippen molar-refractivity contribution >= 4 is 17.4 Å². The Balaban J connectivity index is 1.72. The summed E-state index contributed by atoms with van der Waals surface area (Å²) >= 11 is 1.68. The Morgan fingerprint density at radius 3 is 2.78 bits per heavy atom. The number of carbonyl (C=O) groups excluding carboxylic acids is 1. The van der Waals surface area contributed by atoms with Crippen molar-refractivity contribution in [1.29, 1.82) is 0 Å². The number of aliphatic hydroxyl groups excluding tert-OH is 1. The first-order valence-corrected chi connectivity index (χ1v) is 9.27. The third kappa shape index (κ3) is 5.18. The summed E-state index contributed by atoms with van der Waals surface area (Å²) < 4.78 is 0. The SMILES string of the molecule is CN(C[C@H]1CCC[C@@H]1O)C(=O)NCCc1csc(C(C)(C)C)n1. The van der Waals surface area contributed by atoms with E-state index in [0.29, 0.717) is 13.1 Å². The fourth-order valence-electron chi connectivity index (χ4n) is 2.86. The Labute approximate surface area is 143 Å². The van der Waals surface area contributed by atoms with Crippen molar-refractivity contribution in [2.45, 2.75) is 58.0 Å². The van der Waals surface area contributed by atoms with E-state index in [2.05, 4.69) is 36.5 Å². The summed E-state index contributed by atoms with van der Waals surface area (Å²) in [5, 5.41) is 16.0. The molecule has 130 valence electrons. The van der Waals surface area contributed by atoms with Gasteiger partial charge < -0.3 is 15.3 Å². The van der Waals surface area contributed by atoms with Crippen molar-refractivity contribution in [3.63, 3.8) is 0 Å². The second kappa shape index (κ2) is 7.62. The summed E-state index contributed by atoms with van der Waals surface area (Å²) in [6.07, 6.45) is 3.42. The molecule has 0 spiro atoms. The van der Waals surface area contributed by atoms with Crippen LogP contribution in [0.25, 0.3) is 0 Å². The van der Waals surface area contributed by atoms with Gasteiger partial charge in [0.2, 0.25) is 0 Å². The normalized spacial score (nSPS) is 21.4. The molecule has 1 heterocycles. The fraction of sp³-hybridized carbons (Fsp3) is 0.765. The van der Waals surface area contributed by atoms with Crippen molar-refractivity contribution < 1.29 is 9.90 Å². The molecule has 1 aliphatic carbocycles. The number of urea groups is 1. The molecule has 1 saturated carbocycles. The number of nitrogens with one attached hydrogen (secondary N) is 1. The minimum Gasteiger partial charge on any atom is -0.393 e. The third-order valence-corrected chi connectivity index (χ3v) is 5.64. The minimum atomic E-state index is -0.254. The van der Waals surface area contributed by atoms with Gasteiger partial charge in [-0.05, 0) is 12.8 Å². The van der Waals surface area contributed by atoms with Gasteiger partial charge in [0.1, 0.15) is 0 Å². The average molecular weight is 340 g/mol. The number of hydrogen-bond acceptors (Lipinski definition) is 4. The molecule has 5 nitrogen and oxygen atoms in total. The van der Waals surface area contributed by atoms with Crippen LogP contribution in [0.5, 0.6) is 0 Å². The average Bonchev–Trinajstić information content (AvgIpc) is 3.08. The number of thiazole rings is 1. The Morgan fingerprint density at radius 1 is 1.48 bits per heavy atom. The lowest BCUT2D eigenvalue weighted by molar-refractivity contribution is 0.114. The quantitative estimate of drug-likeness (QED) is 0.867. The smallest absolute Gasteiger partial charge is 0.317 e. The summed E-state index contributed by atoms with van der Waals surface area (Å²) in [6.45, 7) is 7.68. The molecule has 0 saturated heterocycles. The van der Waals surface area contributed by atoms with Crippen LogP contribution in [0, 0.1) is 5.92 Å². The maximum absolute atomic E-state index is 12.1. The van der Waals surface area contributed by atoms with E-state index < -0.39 is 0 Å². The second-order valence-corrected chi connectivity index (χ2v) is 8.37. The molecule has 23 heavy (non-hydrogen) atoms. The summed E-state index contributed by atoms with van der Waals surface area (Å²) in [5.74, 6) is 0.221. The van der Waals surface area contributed by atoms with E-state index in [4.69, 9.17) is 0 Å². The molecule has 0 bridgehead atoms. The first-order chi connectivity index (χ1) is 10.8. The maximum atomic E-state index is 12.1. The minimum absolute atomic E-state index is 0.0737. The van der Waals surface area contributed by atoms with Crippen LogP contribution in [0.2, 0.25) is 0 Å². The highest BCUT2D eigenvalue weighted by Crippen LogP contribution is 2.26. The number of rotatable bonds is 5. The number of hydrogen-bond donors (Lipinski definition) is 2. The van der Waals surface area contributed by atoms with Crippen LogP contribution in [0.1, 0.15) is 50.7 Å². The van der Waals surface area contributed by atoms with E-state index in [1.54, 1.807) is 23.3 Å². The van der Waals surface area contributed by atoms with Gasteiger partial charge in [-0.3, -0.25) is 0 Å². The molecule has 0 aliphatic heterocycles. The van der Waals surface area contributed by atoms with Crippen LogP contribution in [-0.4, -0.2) is 47.3 Å². The molecule has 1 aliphatic rings. The number of nitrogens with zero attached hydrogens (tertiary/aromatic N) is 2. The Bertz CT molecular complexity index is 524. The van der Waals surface area contributed by atoms with Gasteiger partial charge in [0.15, 0.2) is 0 Å². The maximum Gasteiger partial charge on any atom is 0.317 e. The molecule has 1 aromatic rings.